The van der Waals surface area contributed by atoms with Crippen LogP contribution in [0.15, 0.2) is 46.9 Å². The number of carbonyl (C=O) groups excluding carboxylic acids is 1. The topological polar surface area (TPSA) is 17.1 Å². The Hall–Kier alpha value is -1.12. The number of aryl methyl sites for hydroxylation is 1. The molecule has 3 heteroatoms. The van der Waals surface area contributed by atoms with E-state index in [0.29, 0.717) is 17.0 Å². The molecule has 0 radical (unpaired) electrons. The van der Waals surface area contributed by atoms with Crippen LogP contribution < -0.4 is 0 Å². The summed E-state index contributed by atoms with van der Waals surface area (Å²) in [6.07, 6.45) is 0.377. The molecule has 0 spiro atoms. The summed E-state index contributed by atoms with van der Waals surface area (Å²) >= 11 is 9.39. The quantitative estimate of drug-likeness (QED) is 0.739. The summed E-state index contributed by atoms with van der Waals surface area (Å²) in [4.78, 5) is 12.1. The standard InChI is InChI=1S/C15H12BrClO/c1-10-2-4-11(5-3-10)8-15(18)13-7-6-12(16)9-14(13)17/h2-7,9H,8H2,1H3. The fourth-order valence-electron chi connectivity index (χ4n) is 1.70. The first-order valence-corrected chi connectivity index (χ1v) is 6.77. The highest BCUT2D eigenvalue weighted by molar-refractivity contribution is 9.10. The van der Waals surface area contributed by atoms with E-state index < -0.39 is 0 Å². The Morgan fingerprint density at radius 3 is 2.44 bits per heavy atom. The lowest BCUT2D eigenvalue weighted by Gasteiger charge is -2.05. The Bertz CT molecular complexity index is 576. The van der Waals surface area contributed by atoms with Gasteiger partial charge in [-0.05, 0) is 30.7 Å². The summed E-state index contributed by atoms with van der Waals surface area (Å²) in [7, 11) is 0. The fraction of sp³-hybridized carbons (Fsp3) is 0.133. The van der Waals surface area contributed by atoms with Crippen LogP contribution in [0.1, 0.15) is 21.5 Å². The average molecular weight is 324 g/mol. The fourth-order valence-corrected chi connectivity index (χ4v) is 2.48. The second kappa shape index (κ2) is 5.68. The van der Waals surface area contributed by atoms with Crippen molar-refractivity contribution in [2.24, 2.45) is 0 Å². The van der Waals surface area contributed by atoms with E-state index in [2.05, 4.69) is 15.9 Å². The van der Waals surface area contributed by atoms with Crippen molar-refractivity contribution in [2.75, 3.05) is 0 Å². The summed E-state index contributed by atoms with van der Waals surface area (Å²) in [5, 5.41) is 0.487. The van der Waals surface area contributed by atoms with E-state index in [1.165, 1.54) is 5.56 Å². The van der Waals surface area contributed by atoms with Gasteiger partial charge in [0.05, 0.1) is 5.02 Å². The predicted octanol–water partition coefficient (Wildman–Crippen LogP) is 4.84. The number of Topliss-reactive ketones (excluding diaryl/α,β-unsaturated/α-hetero) is 1. The Morgan fingerprint density at radius 1 is 1.17 bits per heavy atom. The molecule has 0 saturated carbocycles. The molecule has 2 rings (SSSR count). The molecule has 0 aliphatic carbocycles. The van der Waals surface area contributed by atoms with Gasteiger partial charge in [-0.2, -0.15) is 0 Å². The van der Waals surface area contributed by atoms with E-state index in [0.717, 1.165) is 10.0 Å². The van der Waals surface area contributed by atoms with Crippen molar-refractivity contribution in [3.8, 4) is 0 Å². The summed E-state index contributed by atoms with van der Waals surface area (Å²) in [5.41, 5.74) is 2.76. The van der Waals surface area contributed by atoms with Crippen molar-refractivity contribution >= 4 is 33.3 Å². The van der Waals surface area contributed by atoms with Crippen LogP contribution in [0.4, 0.5) is 0 Å². The molecule has 2 aromatic carbocycles. The zero-order chi connectivity index (χ0) is 13.1. The van der Waals surface area contributed by atoms with E-state index in [4.69, 9.17) is 11.6 Å². The van der Waals surface area contributed by atoms with Gasteiger partial charge in [0.1, 0.15) is 0 Å². The minimum absolute atomic E-state index is 0.0383. The SMILES string of the molecule is Cc1ccc(CC(=O)c2ccc(Br)cc2Cl)cc1. The molecule has 92 valence electrons. The monoisotopic (exact) mass is 322 g/mol. The Labute approximate surface area is 120 Å². The highest BCUT2D eigenvalue weighted by Crippen LogP contribution is 2.22. The Balaban J connectivity index is 2.19. The van der Waals surface area contributed by atoms with Crippen LogP contribution in [-0.4, -0.2) is 5.78 Å². The van der Waals surface area contributed by atoms with E-state index in [1.54, 1.807) is 12.1 Å². The Morgan fingerprint density at radius 2 is 1.83 bits per heavy atom. The molecule has 0 aliphatic rings. The first-order chi connectivity index (χ1) is 8.56. The minimum atomic E-state index is 0.0383. The third-order valence-electron chi connectivity index (χ3n) is 2.72. The van der Waals surface area contributed by atoms with E-state index in [9.17, 15) is 4.79 Å². The molecule has 0 heterocycles. The molecule has 0 fully saturated rings. The number of halogens is 2. The maximum absolute atomic E-state index is 12.1. The van der Waals surface area contributed by atoms with Crippen LogP contribution in [-0.2, 0) is 6.42 Å². The van der Waals surface area contributed by atoms with Crippen molar-refractivity contribution in [2.45, 2.75) is 13.3 Å². The summed E-state index contributed by atoms with van der Waals surface area (Å²) in [6.45, 7) is 2.02. The lowest BCUT2D eigenvalue weighted by atomic mass is 10.0. The van der Waals surface area contributed by atoms with Gasteiger partial charge in [-0.15, -0.1) is 0 Å². The summed E-state index contributed by atoms with van der Waals surface area (Å²) < 4.78 is 0.874. The maximum atomic E-state index is 12.1. The number of hydrogen-bond acceptors (Lipinski definition) is 1. The van der Waals surface area contributed by atoms with Gasteiger partial charge in [0, 0.05) is 16.5 Å². The Kier molecular flexibility index (Phi) is 4.20. The highest BCUT2D eigenvalue weighted by atomic mass is 79.9. The van der Waals surface area contributed by atoms with Crippen LogP contribution in [0.25, 0.3) is 0 Å². The van der Waals surface area contributed by atoms with Crippen molar-refractivity contribution in [1.82, 2.24) is 0 Å². The largest absolute Gasteiger partial charge is 0.294 e. The third kappa shape index (κ3) is 3.21. The van der Waals surface area contributed by atoms with E-state index in [1.807, 2.05) is 37.3 Å². The van der Waals surface area contributed by atoms with Crippen molar-refractivity contribution in [1.29, 1.82) is 0 Å². The highest BCUT2D eigenvalue weighted by Gasteiger charge is 2.11. The molecule has 0 unspecified atom stereocenters. The molecule has 0 amide bonds. The zero-order valence-corrected chi connectivity index (χ0v) is 12.3. The zero-order valence-electron chi connectivity index (χ0n) is 9.91. The van der Waals surface area contributed by atoms with Crippen LogP contribution >= 0.6 is 27.5 Å². The van der Waals surface area contributed by atoms with Gasteiger partial charge >= 0.3 is 0 Å². The van der Waals surface area contributed by atoms with Gasteiger partial charge < -0.3 is 0 Å². The molecule has 0 atom stereocenters. The van der Waals surface area contributed by atoms with Crippen molar-refractivity contribution in [3.05, 3.63) is 68.7 Å². The molecule has 0 aromatic heterocycles. The molecule has 2 aromatic rings. The first kappa shape index (κ1) is 13.3. The van der Waals surface area contributed by atoms with Crippen LogP contribution in [0.2, 0.25) is 5.02 Å². The van der Waals surface area contributed by atoms with Gasteiger partial charge in [-0.3, -0.25) is 4.79 Å². The lowest BCUT2D eigenvalue weighted by Crippen LogP contribution is -2.04. The minimum Gasteiger partial charge on any atom is -0.294 e. The predicted molar refractivity (Wildman–Crippen MR) is 78.4 cm³/mol. The van der Waals surface area contributed by atoms with Gasteiger partial charge in [0.25, 0.3) is 0 Å². The van der Waals surface area contributed by atoms with Gasteiger partial charge in [0.15, 0.2) is 5.78 Å². The van der Waals surface area contributed by atoms with Crippen LogP contribution in [0.5, 0.6) is 0 Å². The molecular formula is C15H12BrClO. The molecule has 0 aliphatic heterocycles. The van der Waals surface area contributed by atoms with E-state index in [-0.39, 0.29) is 5.78 Å². The molecule has 0 bridgehead atoms. The molecular weight excluding hydrogens is 312 g/mol. The first-order valence-electron chi connectivity index (χ1n) is 5.60. The number of hydrogen-bond donors (Lipinski definition) is 0. The summed E-state index contributed by atoms with van der Waals surface area (Å²) in [5.74, 6) is 0.0383. The maximum Gasteiger partial charge on any atom is 0.168 e. The van der Waals surface area contributed by atoms with Crippen molar-refractivity contribution in [3.63, 3.8) is 0 Å². The van der Waals surface area contributed by atoms with Crippen molar-refractivity contribution < 1.29 is 4.79 Å². The third-order valence-corrected chi connectivity index (χ3v) is 3.52. The lowest BCUT2D eigenvalue weighted by molar-refractivity contribution is 0.0993. The number of rotatable bonds is 3. The molecule has 1 nitrogen and oxygen atoms in total. The molecule has 0 saturated heterocycles. The second-order valence-corrected chi connectivity index (χ2v) is 5.53. The van der Waals surface area contributed by atoms with Crippen LogP contribution in [0.3, 0.4) is 0 Å². The molecule has 18 heavy (non-hydrogen) atoms. The number of carbonyl (C=O) groups is 1. The van der Waals surface area contributed by atoms with Gasteiger partial charge in [-0.1, -0.05) is 57.4 Å². The second-order valence-electron chi connectivity index (χ2n) is 4.21. The van der Waals surface area contributed by atoms with Crippen LogP contribution in [0, 0.1) is 6.92 Å². The van der Waals surface area contributed by atoms with Gasteiger partial charge in [-0.25, -0.2) is 0 Å². The molecule has 0 N–H and O–H groups in total. The normalized spacial score (nSPS) is 10.4. The number of ketones is 1. The summed E-state index contributed by atoms with van der Waals surface area (Å²) in [6, 6.07) is 13.3. The average Bonchev–Trinajstić information content (AvgIpc) is 2.32. The smallest absolute Gasteiger partial charge is 0.168 e. The van der Waals surface area contributed by atoms with Gasteiger partial charge in [0.2, 0.25) is 0 Å². The number of benzene rings is 2. The van der Waals surface area contributed by atoms with E-state index >= 15 is 0 Å².